The fourth-order valence-electron chi connectivity index (χ4n) is 4.11. The van der Waals surface area contributed by atoms with E-state index in [0.29, 0.717) is 40.8 Å². The maximum Gasteiger partial charge on any atom is 0.262 e. The normalized spacial score (nSPS) is 15.7. The first-order chi connectivity index (χ1) is 14.6. The van der Waals surface area contributed by atoms with Gasteiger partial charge >= 0.3 is 0 Å². The third-order valence-electron chi connectivity index (χ3n) is 5.65. The van der Waals surface area contributed by atoms with Crippen LogP contribution in [0.2, 0.25) is 0 Å². The zero-order valence-electron chi connectivity index (χ0n) is 16.9. The number of amides is 1. The van der Waals surface area contributed by atoms with E-state index in [0.717, 1.165) is 19.3 Å². The number of carbonyl (C=O) groups is 1. The Morgan fingerprint density at radius 1 is 1.30 bits per heavy atom. The van der Waals surface area contributed by atoms with Gasteiger partial charge in [-0.15, -0.1) is 0 Å². The Labute approximate surface area is 179 Å². The molecular formula is C23H25N3O3S. The molecule has 2 N–H and O–H groups in total. The van der Waals surface area contributed by atoms with Crippen LogP contribution in [0, 0.1) is 4.77 Å². The SMILES string of the molecule is COCCCn1c(=S)[nH]c2cc(C(=O)N[C@@H]3CCCc4ccccc43)ccc2c1=O. The molecule has 2 aromatic carbocycles. The number of benzene rings is 2. The van der Waals surface area contributed by atoms with E-state index in [1.54, 1.807) is 25.3 Å². The van der Waals surface area contributed by atoms with E-state index in [2.05, 4.69) is 22.4 Å². The summed E-state index contributed by atoms with van der Waals surface area (Å²) in [6.07, 6.45) is 3.72. The van der Waals surface area contributed by atoms with Gasteiger partial charge in [-0.3, -0.25) is 14.2 Å². The van der Waals surface area contributed by atoms with Crippen molar-refractivity contribution in [1.82, 2.24) is 14.9 Å². The van der Waals surface area contributed by atoms with Gasteiger partial charge in [0.15, 0.2) is 4.77 Å². The summed E-state index contributed by atoms with van der Waals surface area (Å²) >= 11 is 5.37. The second-order valence-electron chi connectivity index (χ2n) is 7.61. The summed E-state index contributed by atoms with van der Waals surface area (Å²) in [5, 5.41) is 3.67. The molecule has 3 aromatic rings. The van der Waals surface area contributed by atoms with E-state index >= 15 is 0 Å². The number of aromatic amines is 1. The quantitative estimate of drug-likeness (QED) is 0.466. The zero-order chi connectivity index (χ0) is 21.1. The molecule has 0 spiro atoms. The van der Waals surface area contributed by atoms with Crippen LogP contribution in [-0.4, -0.2) is 29.2 Å². The molecule has 156 valence electrons. The lowest BCUT2D eigenvalue weighted by Crippen LogP contribution is -2.31. The molecule has 0 aliphatic heterocycles. The van der Waals surface area contributed by atoms with Gasteiger partial charge in [0.1, 0.15) is 0 Å². The molecule has 0 saturated carbocycles. The highest BCUT2D eigenvalue weighted by molar-refractivity contribution is 7.71. The summed E-state index contributed by atoms with van der Waals surface area (Å²) in [5.74, 6) is -0.151. The first-order valence-electron chi connectivity index (χ1n) is 10.2. The Morgan fingerprint density at radius 2 is 2.13 bits per heavy atom. The Kier molecular flexibility index (Phi) is 6.11. The third-order valence-corrected chi connectivity index (χ3v) is 5.97. The molecule has 1 heterocycles. The first kappa shape index (κ1) is 20.5. The van der Waals surface area contributed by atoms with E-state index in [1.165, 1.54) is 15.7 Å². The van der Waals surface area contributed by atoms with Crippen LogP contribution in [0.15, 0.2) is 47.3 Å². The van der Waals surface area contributed by atoms with Crippen LogP contribution in [0.4, 0.5) is 0 Å². The zero-order valence-corrected chi connectivity index (χ0v) is 17.8. The molecule has 0 radical (unpaired) electrons. The minimum atomic E-state index is -0.155. The van der Waals surface area contributed by atoms with Crippen molar-refractivity contribution >= 4 is 29.0 Å². The summed E-state index contributed by atoms with van der Waals surface area (Å²) in [4.78, 5) is 28.8. The van der Waals surface area contributed by atoms with Crippen molar-refractivity contribution < 1.29 is 9.53 Å². The summed E-state index contributed by atoms with van der Waals surface area (Å²) in [5.41, 5.74) is 3.41. The lowest BCUT2D eigenvalue weighted by molar-refractivity contribution is 0.0933. The number of hydrogen-bond acceptors (Lipinski definition) is 4. The number of H-pyrrole nitrogens is 1. The summed E-state index contributed by atoms with van der Waals surface area (Å²) in [7, 11) is 1.63. The van der Waals surface area contributed by atoms with Crippen LogP contribution in [0.1, 0.15) is 46.8 Å². The number of methoxy groups -OCH3 is 1. The van der Waals surface area contributed by atoms with Crippen LogP contribution >= 0.6 is 12.2 Å². The topological polar surface area (TPSA) is 76.1 Å². The van der Waals surface area contributed by atoms with Gasteiger partial charge in [-0.1, -0.05) is 24.3 Å². The molecule has 1 atom stereocenters. The summed E-state index contributed by atoms with van der Waals surface area (Å²) < 4.78 is 6.94. The number of nitrogens with one attached hydrogen (secondary N) is 2. The van der Waals surface area contributed by atoms with Gasteiger partial charge in [-0.05, 0) is 67.2 Å². The highest BCUT2D eigenvalue weighted by Gasteiger charge is 2.22. The van der Waals surface area contributed by atoms with E-state index in [9.17, 15) is 9.59 Å². The number of aryl methyl sites for hydroxylation is 1. The van der Waals surface area contributed by atoms with Crippen molar-refractivity contribution in [2.45, 2.75) is 38.3 Å². The van der Waals surface area contributed by atoms with Gasteiger partial charge in [0, 0.05) is 25.8 Å². The second-order valence-corrected chi connectivity index (χ2v) is 8.00. The fraction of sp³-hybridized carbons (Fsp3) is 0.348. The van der Waals surface area contributed by atoms with E-state index in [1.807, 2.05) is 12.1 Å². The highest BCUT2D eigenvalue weighted by Crippen LogP contribution is 2.29. The van der Waals surface area contributed by atoms with Gasteiger partial charge in [0.05, 0.1) is 16.9 Å². The average molecular weight is 424 g/mol. The smallest absolute Gasteiger partial charge is 0.262 e. The van der Waals surface area contributed by atoms with Crippen LogP contribution in [0.3, 0.4) is 0 Å². The lowest BCUT2D eigenvalue weighted by Gasteiger charge is -2.26. The number of nitrogens with zero attached hydrogens (tertiary/aromatic N) is 1. The number of hydrogen-bond donors (Lipinski definition) is 2. The fourth-order valence-corrected chi connectivity index (χ4v) is 4.40. The standard InChI is InChI=1S/C23H25N3O3S/c1-29-13-5-12-26-22(28)18-11-10-16(14-20(18)25-23(26)30)21(27)24-19-9-4-7-15-6-2-3-8-17(15)19/h2-3,6,8,10-11,14,19H,4-5,7,9,12-13H2,1H3,(H,24,27)(H,25,30)/t19-/m1/s1. The van der Waals surface area contributed by atoms with E-state index < -0.39 is 0 Å². The lowest BCUT2D eigenvalue weighted by atomic mass is 9.87. The van der Waals surface area contributed by atoms with Gasteiger partial charge in [0.25, 0.3) is 11.5 Å². The number of aromatic nitrogens is 2. The second kappa shape index (κ2) is 8.93. The number of ether oxygens (including phenoxy) is 1. The minimum Gasteiger partial charge on any atom is -0.385 e. The third kappa shape index (κ3) is 4.08. The Balaban J connectivity index is 1.60. The Hall–Kier alpha value is -2.77. The van der Waals surface area contributed by atoms with Crippen LogP contribution in [0.25, 0.3) is 10.9 Å². The van der Waals surface area contributed by atoms with Crippen molar-refractivity contribution in [2.24, 2.45) is 0 Å². The molecule has 4 rings (SSSR count). The maximum atomic E-state index is 12.9. The molecule has 6 nitrogen and oxygen atoms in total. The van der Waals surface area contributed by atoms with Crippen LogP contribution < -0.4 is 10.9 Å². The molecule has 1 aromatic heterocycles. The van der Waals surface area contributed by atoms with Crippen molar-refractivity contribution in [3.05, 3.63) is 74.3 Å². The predicted molar refractivity (Wildman–Crippen MR) is 119 cm³/mol. The van der Waals surface area contributed by atoms with Crippen molar-refractivity contribution in [3.63, 3.8) is 0 Å². The molecule has 7 heteroatoms. The van der Waals surface area contributed by atoms with Gasteiger partial charge in [-0.2, -0.15) is 0 Å². The monoisotopic (exact) mass is 423 g/mol. The van der Waals surface area contributed by atoms with Crippen LogP contribution in [0.5, 0.6) is 0 Å². The predicted octanol–water partition coefficient (Wildman–Crippen LogP) is 3.90. The average Bonchev–Trinajstić information content (AvgIpc) is 2.76. The Bertz CT molecular complexity index is 1200. The molecule has 0 unspecified atom stereocenters. The first-order valence-corrected chi connectivity index (χ1v) is 10.6. The molecular weight excluding hydrogens is 398 g/mol. The van der Waals surface area contributed by atoms with Crippen molar-refractivity contribution in [3.8, 4) is 0 Å². The highest BCUT2D eigenvalue weighted by atomic mass is 32.1. The molecule has 1 aliphatic carbocycles. The molecule has 1 aliphatic rings. The minimum absolute atomic E-state index is 0.00502. The number of rotatable bonds is 6. The summed E-state index contributed by atoms with van der Waals surface area (Å²) in [6, 6.07) is 13.4. The number of fused-ring (bicyclic) bond motifs is 2. The van der Waals surface area contributed by atoms with Gasteiger partial charge in [-0.25, -0.2) is 0 Å². The van der Waals surface area contributed by atoms with Crippen molar-refractivity contribution in [1.29, 1.82) is 0 Å². The molecule has 30 heavy (non-hydrogen) atoms. The molecule has 1 amide bonds. The maximum absolute atomic E-state index is 12.9. The largest absolute Gasteiger partial charge is 0.385 e. The molecule has 0 bridgehead atoms. The molecule has 0 saturated heterocycles. The van der Waals surface area contributed by atoms with E-state index in [-0.39, 0.29) is 17.5 Å². The molecule has 0 fully saturated rings. The Morgan fingerprint density at radius 3 is 2.97 bits per heavy atom. The van der Waals surface area contributed by atoms with Gasteiger partial charge < -0.3 is 15.0 Å². The van der Waals surface area contributed by atoms with Gasteiger partial charge in [0.2, 0.25) is 0 Å². The van der Waals surface area contributed by atoms with Crippen molar-refractivity contribution in [2.75, 3.05) is 13.7 Å². The number of carbonyl (C=O) groups excluding carboxylic acids is 1. The van der Waals surface area contributed by atoms with Crippen LogP contribution in [-0.2, 0) is 17.7 Å². The van der Waals surface area contributed by atoms with E-state index in [4.69, 9.17) is 17.0 Å². The summed E-state index contributed by atoms with van der Waals surface area (Å²) in [6.45, 7) is 1.05.